The van der Waals surface area contributed by atoms with Crippen LogP contribution in [0.25, 0.3) is 0 Å². The van der Waals surface area contributed by atoms with Gasteiger partial charge in [-0.1, -0.05) is 6.07 Å². The first-order valence-corrected chi connectivity index (χ1v) is 9.53. The summed E-state index contributed by atoms with van der Waals surface area (Å²) in [5, 5.41) is 8.27. The van der Waals surface area contributed by atoms with Crippen molar-refractivity contribution < 1.29 is 22.7 Å². The number of hydrogen-bond donors (Lipinski definition) is 2. The fourth-order valence-corrected chi connectivity index (χ4v) is 3.33. The number of carbonyl (C=O) groups excluding carboxylic acids is 1. The molecule has 6 nitrogen and oxygen atoms in total. The third kappa shape index (κ3) is 5.29. The maximum Gasteiger partial charge on any atom is 0.574 e. The van der Waals surface area contributed by atoms with Crippen molar-refractivity contribution in [1.29, 1.82) is 0 Å². The molecule has 1 aliphatic rings. The highest BCUT2D eigenvalue weighted by molar-refractivity contribution is 7.97. The van der Waals surface area contributed by atoms with Gasteiger partial charge >= 0.3 is 6.36 Å². The van der Waals surface area contributed by atoms with Crippen LogP contribution in [0.15, 0.2) is 41.3 Å². The molecule has 150 valence electrons. The van der Waals surface area contributed by atoms with Crippen molar-refractivity contribution in [1.82, 2.24) is 4.98 Å². The minimum Gasteiger partial charge on any atom is -0.388 e. The number of piperidine rings is 1. The molecule has 28 heavy (non-hydrogen) atoms. The first-order valence-electron chi connectivity index (χ1n) is 8.65. The number of benzene rings is 1. The molecule has 0 aliphatic carbocycles. The molecule has 0 saturated carbocycles. The molecule has 0 spiro atoms. The standard InChI is InChI=1S/C18H19F3N4O2S/c19-18(20,21)27-15-8-7-14(16(24-15)25-9-2-1-3-10-25)17(26)23-12-5-4-6-13(11-12)28-22/h4-8,11H,1-3,9-10,22H2,(H,23,26). The highest BCUT2D eigenvalue weighted by Crippen LogP contribution is 2.29. The lowest BCUT2D eigenvalue weighted by molar-refractivity contribution is -0.276. The lowest BCUT2D eigenvalue weighted by Crippen LogP contribution is -2.32. The fourth-order valence-electron chi connectivity index (χ4n) is 2.98. The van der Waals surface area contributed by atoms with Crippen molar-refractivity contribution in [2.24, 2.45) is 5.14 Å². The SMILES string of the molecule is NSc1cccc(NC(=O)c2ccc(OC(F)(F)F)nc2N2CCCCC2)c1. The molecular weight excluding hydrogens is 393 g/mol. The quantitative estimate of drug-likeness (QED) is 0.717. The Bertz CT molecular complexity index is 842. The van der Waals surface area contributed by atoms with Crippen LogP contribution in [0, 0.1) is 0 Å². The first kappa shape index (κ1) is 20.3. The monoisotopic (exact) mass is 412 g/mol. The average molecular weight is 412 g/mol. The molecule has 1 aliphatic heterocycles. The second kappa shape index (κ2) is 8.70. The van der Waals surface area contributed by atoms with Gasteiger partial charge in [0.1, 0.15) is 5.82 Å². The number of nitrogens with one attached hydrogen (secondary N) is 1. The zero-order valence-electron chi connectivity index (χ0n) is 14.8. The van der Waals surface area contributed by atoms with Gasteiger partial charge in [0.15, 0.2) is 0 Å². The number of nitrogens with two attached hydrogens (primary N) is 1. The number of ether oxygens (including phenoxy) is 1. The average Bonchev–Trinajstić information content (AvgIpc) is 2.67. The Hall–Kier alpha value is -2.46. The lowest BCUT2D eigenvalue weighted by atomic mass is 10.1. The Balaban J connectivity index is 1.90. The third-order valence-electron chi connectivity index (χ3n) is 4.20. The predicted molar refractivity (Wildman–Crippen MR) is 101 cm³/mol. The van der Waals surface area contributed by atoms with E-state index in [2.05, 4.69) is 15.0 Å². The summed E-state index contributed by atoms with van der Waals surface area (Å²) in [5.41, 5.74) is 0.711. The summed E-state index contributed by atoms with van der Waals surface area (Å²) in [5.74, 6) is -0.875. The van der Waals surface area contributed by atoms with Gasteiger partial charge in [0.2, 0.25) is 5.88 Å². The van der Waals surface area contributed by atoms with Crippen molar-refractivity contribution >= 4 is 29.4 Å². The molecule has 1 fully saturated rings. The van der Waals surface area contributed by atoms with Gasteiger partial charge in [0.05, 0.1) is 5.56 Å². The van der Waals surface area contributed by atoms with Crippen LogP contribution in [0.5, 0.6) is 5.88 Å². The van der Waals surface area contributed by atoms with E-state index in [0.717, 1.165) is 42.2 Å². The third-order valence-corrected chi connectivity index (χ3v) is 4.72. The topological polar surface area (TPSA) is 80.5 Å². The molecule has 1 saturated heterocycles. The smallest absolute Gasteiger partial charge is 0.388 e. The van der Waals surface area contributed by atoms with E-state index >= 15 is 0 Å². The normalized spacial score (nSPS) is 14.6. The van der Waals surface area contributed by atoms with Gasteiger partial charge in [0, 0.05) is 29.7 Å². The first-order chi connectivity index (χ1) is 13.4. The summed E-state index contributed by atoms with van der Waals surface area (Å²) in [6, 6.07) is 9.29. The van der Waals surface area contributed by atoms with Crippen molar-refractivity contribution in [2.45, 2.75) is 30.5 Å². The van der Waals surface area contributed by atoms with Gasteiger partial charge in [-0.05, 0) is 55.5 Å². The second-order valence-electron chi connectivity index (χ2n) is 6.22. The molecule has 3 rings (SSSR count). The van der Waals surface area contributed by atoms with Crippen molar-refractivity contribution in [3.63, 3.8) is 0 Å². The van der Waals surface area contributed by atoms with E-state index < -0.39 is 18.1 Å². The highest BCUT2D eigenvalue weighted by atomic mass is 32.2. The fraction of sp³-hybridized carbons (Fsp3) is 0.333. The lowest BCUT2D eigenvalue weighted by Gasteiger charge is -2.29. The van der Waals surface area contributed by atoms with Crippen LogP contribution in [0.3, 0.4) is 0 Å². The Morgan fingerprint density at radius 1 is 1.18 bits per heavy atom. The number of aromatic nitrogens is 1. The van der Waals surface area contributed by atoms with Gasteiger partial charge in [-0.15, -0.1) is 13.2 Å². The van der Waals surface area contributed by atoms with E-state index in [0.29, 0.717) is 18.8 Å². The van der Waals surface area contributed by atoms with Crippen LogP contribution >= 0.6 is 11.9 Å². The van der Waals surface area contributed by atoms with Gasteiger partial charge in [-0.3, -0.25) is 9.93 Å². The van der Waals surface area contributed by atoms with Crippen LogP contribution in [-0.2, 0) is 0 Å². The molecule has 0 bridgehead atoms. The van der Waals surface area contributed by atoms with E-state index in [4.69, 9.17) is 5.14 Å². The number of nitrogens with zero attached hydrogens (tertiary/aromatic N) is 2. The maximum absolute atomic E-state index is 12.8. The summed E-state index contributed by atoms with van der Waals surface area (Å²) in [6.07, 6.45) is -2.07. The molecule has 3 N–H and O–H groups in total. The Labute approximate surface area is 164 Å². The van der Waals surface area contributed by atoms with Crippen LogP contribution in [0.1, 0.15) is 29.6 Å². The zero-order valence-corrected chi connectivity index (χ0v) is 15.6. The zero-order chi connectivity index (χ0) is 20.1. The molecule has 2 aromatic rings. The van der Waals surface area contributed by atoms with Crippen molar-refractivity contribution in [2.75, 3.05) is 23.3 Å². The van der Waals surface area contributed by atoms with E-state index in [1.165, 1.54) is 6.07 Å². The van der Waals surface area contributed by atoms with Crippen molar-refractivity contribution in [3.05, 3.63) is 42.0 Å². The number of halogens is 3. The highest BCUT2D eigenvalue weighted by Gasteiger charge is 2.32. The Kier molecular flexibility index (Phi) is 6.30. The molecule has 1 amide bonds. The van der Waals surface area contributed by atoms with Crippen LogP contribution < -0.4 is 20.1 Å². The molecule has 0 unspecified atom stereocenters. The molecule has 1 aromatic heterocycles. The Morgan fingerprint density at radius 3 is 2.61 bits per heavy atom. The summed E-state index contributed by atoms with van der Waals surface area (Å²) >= 11 is 1.04. The predicted octanol–water partition coefficient (Wildman–Crippen LogP) is 4.19. The van der Waals surface area contributed by atoms with Gasteiger partial charge in [-0.2, -0.15) is 4.98 Å². The number of anilines is 2. The molecule has 0 atom stereocenters. The minimum atomic E-state index is -4.85. The maximum atomic E-state index is 12.8. The number of rotatable bonds is 5. The minimum absolute atomic E-state index is 0.183. The number of carbonyl (C=O) groups is 1. The van der Waals surface area contributed by atoms with E-state index in [1.54, 1.807) is 24.3 Å². The Morgan fingerprint density at radius 2 is 1.93 bits per heavy atom. The van der Waals surface area contributed by atoms with Crippen LogP contribution in [0.2, 0.25) is 0 Å². The summed E-state index contributed by atoms with van der Waals surface area (Å²) in [4.78, 5) is 19.3. The van der Waals surface area contributed by atoms with Crippen LogP contribution in [0.4, 0.5) is 24.7 Å². The number of amides is 1. The number of hydrogen-bond acceptors (Lipinski definition) is 6. The number of pyridine rings is 1. The largest absolute Gasteiger partial charge is 0.574 e. The molecule has 1 aromatic carbocycles. The van der Waals surface area contributed by atoms with Gasteiger partial charge in [0.25, 0.3) is 5.91 Å². The van der Waals surface area contributed by atoms with E-state index in [9.17, 15) is 18.0 Å². The molecular formula is C18H19F3N4O2S. The van der Waals surface area contributed by atoms with Gasteiger partial charge < -0.3 is 15.0 Å². The molecule has 2 heterocycles. The molecule has 0 radical (unpaired) electrons. The van der Waals surface area contributed by atoms with Crippen molar-refractivity contribution in [3.8, 4) is 5.88 Å². The van der Waals surface area contributed by atoms with Crippen LogP contribution in [-0.4, -0.2) is 30.3 Å². The van der Waals surface area contributed by atoms with Gasteiger partial charge in [-0.25, -0.2) is 0 Å². The second-order valence-corrected chi connectivity index (χ2v) is 6.92. The summed E-state index contributed by atoms with van der Waals surface area (Å²) in [7, 11) is 0. The summed E-state index contributed by atoms with van der Waals surface area (Å²) in [6.45, 7) is 1.23. The van der Waals surface area contributed by atoms with E-state index in [1.807, 2.05) is 4.90 Å². The van der Waals surface area contributed by atoms with E-state index in [-0.39, 0.29) is 11.4 Å². The number of alkyl halides is 3. The summed E-state index contributed by atoms with van der Waals surface area (Å²) < 4.78 is 41.6. The molecule has 10 heteroatoms.